The highest BCUT2D eigenvalue weighted by Gasteiger charge is 2.28. The first-order chi connectivity index (χ1) is 7.86. The van der Waals surface area contributed by atoms with E-state index in [0.717, 1.165) is 17.9 Å². The van der Waals surface area contributed by atoms with Crippen LogP contribution in [0.4, 0.5) is 5.95 Å². The van der Waals surface area contributed by atoms with Crippen LogP contribution in [0.25, 0.3) is 0 Å². The van der Waals surface area contributed by atoms with Crippen molar-refractivity contribution >= 4 is 5.95 Å². The minimum atomic E-state index is 0.618. The molecule has 1 atom stereocenters. The van der Waals surface area contributed by atoms with E-state index in [-0.39, 0.29) is 0 Å². The quantitative estimate of drug-likeness (QED) is 0.796. The maximum atomic E-state index is 4.44. The molecule has 0 aromatic carbocycles. The van der Waals surface area contributed by atoms with E-state index in [0.29, 0.717) is 6.04 Å². The molecule has 1 aromatic rings. The lowest BCUT2D eigenvalue weighted by Crippen LogP contribution is -2.21. The lowest BCUT2D eigenvalue weighted by Gasteiger charge is -2.18. The number of nitrogens with zero attached hydrogens (tertiary/aromatic N) is 2. The van der Waals surface area contributed by atoms with Gasteiger partial charge in [-0.25, -0.2) is 4.98 Å². The lowest BCUT2D eigenvalue weighted by atomic mass is 10.1. The van der Waals surface area contributed by atoms with Crippen molar-refractivity contribution in [3.8, 4) is 0 Å². The molecule has 16 heavy (non-hydrogen) atoms. The molecule has 88 valence electrons. The Morgan fingerprint density at radius 3 is 2.88 bits per heavy atom. The van der Waals surface area contributed by atoms with Crippen molar-refractivity contribution in [2.24, 2.45) is 5.92 Å². The van der Waals surface area contributed by atoms with Crippen LogP contribution in [-0.2, 0) is 0 Å². The van der Waals surface area contributed by atoms with Crippen molar-refractivity contribution < 1.29 is 0 Å². The van der Waals surface area contributed by atoms with Gasteiger partial charge in [-0.3, -0.25) is 0 Å². The van der Waals surface area contributed by atoms with Gasteiger partial charge in [0.05, 0.1) is 0 Å². The summed E-state index contributed by atoms with van der Waals surface area (Å²) in [6.07, 6.45) is 12.1. The molecule has 3 heteroatoms. The standard InChI is InChI=1S/C13H21N3/c1-2-11(9-10-3-4-10)15-13-14-7-8-16(13)12-5-6-12/h7-8,10-12H,2-6,9H2,1H3,(H,14,15). The fourth-order valence-corrected chi connectivity index (χ4v) is 2.34. The molecule has 0 bridgehead atoms. The summed E-state index contributed by atoms with van der Waals surface area (Å²) >= 11 is 0. The Morgan fingerprint density at radius 2 is 2.25 bits per heavy atom. The molecule has 3 nitrogen and oxygen atoms in total. The van der Waals surface area contributed by atoms with Crippen LogP contribution in [0.2, 0.25) is 0 Å². The average Bonchev–Trinajstić information content (AvgIpc) is 3.20. The highest BCUT2D eigenvalue weighted by molar-refractivity contribution is 5.29. The summed E-state index contributed by atoms with van der Waals surface area (Å²) in [5, 5.41) is 3.62. The Hall–Kier alpha value is -0.990. The molecule has 0 radical (unpaired) electrons. The monoisotopic (exact) mass is 219 g/mol. The Bertz CT molecular complexity index is 350. The molecular formula is C13H21N3. The third-order valence-electron chi connectivity index (χ3n) is 3.75. The summed E-state index contributed by atoms with van der Waals surface area (Å²) in [4.78, 5) is 4.44. The SMILES string of the molecule is CCC(CC1CC1)Nc1nccn1C1CC1. The van der Waals surface area contributed by atoms with Crippen molar-refractivity contribution in [2.45, 2.75) is 57.5 Å². The zero-order valence-corrected chi connectivity index (χ0v) is 10.0. The number of aromatic nitrogens is 2. The largest absolute Gasteiger partial charge is 0.353 e. The van der Waals surface area contributed by atoms with E-state index in [9.17, 15) is 0 Å². The maximum absolute atomic E-state index is 4.44. The molecule has 2 aliphatic rings. The number of hydrogen-bond donors (Lipinski definition) is 1. The van der Waals surface area contributed by atoms with Crippen molar-refractivity contribution in [3.05, 3.63) is 12.4 Å². The molecular weight excluding hydrogens is 198 g/mol. The number of nitrogens with one attached hydrogen (secondary N) is 1. The number of hydrogen-bond acceptors (Lipinski definition) is 2. The molecule has 0 aliphatic heterocycles. The van der Waals surface area contributed by atoms with Crippen LogP contribution in [0.1, 0.15) is 51.5 Å². The lowest BCUT2D eigenvalue weighted by molar-refractivity contribution is 0.576. The molecule has 1 aromatic heterocycles. The summed E-state index contributed by atoms with van der Waals surface area (Å²) in [5.41, 5.74) is 0. The van der Waals surface area contributed by atoms with Gasteiger partial charge in [0.15, 0.2) is 0 Å². The van der Waals surface area contributed by atoms with Gasteiger partial charge in [-0.1, -0.05) is 19.8 Å². The first-order valence-corrected chi connectivity index (χ1v) is 6.66. The second kappa shape index (κ2) is 4.11. The van der Waals surface area contributed by atoms with E-state index in [2.05, 4.69) is 28.0 Å². The Morgan fingerprint density at radius 1 is 1.44 bits per heavy atom. The Balaban J connectivity index is 1.63. The fraction of sp³-hybridized carbons (Fsp3) is 0.769. The summed E-state index contributed by atoms with van der Waals surface area (Å²) in [7, 11) is 0. The van der Waals surface area contributed by atoms with Crippen LogP contribution in [0.3, 0.4) is 0 Å². The molecule has 1 unspecified atom stereocenters. The van der Waals surface area contributed by atoms with Gasteiger partial charge >= 0.3 is 0 Å². The number of anilines is 1. The van der Waals surface area contributed by atoms with Crippen molar-refractivity contribution in [1.82, 2.24) is 9.55 Å². The minimum absolute atomic E-state index is 0.618. The van der Waals surface area contributed by atoms with E-state index < -0.39 is 0 Å². The molecule has 2 aliphatic carbocycles. The van der Waals surface area contributed by atoms with Crippen LogP contribution in [0, 0.1) is 5.92 Å². The summed E-state index contributed by atoms with van der Waals surface area (Å²) < 4.78 is 2.32. The van der Waals surface area contributed by atoms with E-state index in [4.69, 9.17) is 0 Å². The van der Waals surface area contributed by atoms with E-state index in [1.165, 1.54) is 38.5 Å². The second-order valence-electron chi connectivity index (χ2n) is 5.32. The molecule has 2 saturated carbocycles. The third-order valence-corrected chi connectivity index (χ3v) is 3.75. The predicted octanol–water partition coefficient (Wildman–Crippen LogP) is 3.21. The Labute approximate surface area is 97.3 Å². The molecule has 1 heterocycles. The summed E-state index contributed by atoms with van der Waals surface area (Å²) in [5.74, 6) is 2.08. The van der Waals surface area contributed by atoms with E-state index in [1.54, 1.807) is 0 Å². The van der Waals surface area contributed by atoms with Gasteiger partial charge in [-0.15, -0.1) is 0 Å². The van der Waals surface area contributed by atoms with Gasteiger partial charge in [0.2, 0.25) is 5.95 Å². The van der Waals surface area contributed by atoms with Gasteiger partial charge in [0.25, 0.3) is 0 Å². The van der Waals surface area contributed by atoms with Gasteiger partial charge < -0.3 is 9.88 Å². The van der Waals surface area contributed by atoms with E-state index in [1.807, 2.05) is 6.20 Å². The zero-order chi connectivity index (χ0) is 11.0. The van der Waals surface area contributed by atoms with Gasteiger partial charge in [0, 0.05) is 24.5 Å². The zero-order valence-electron chi connectivity index (χ0n) is 10.0. The average molecular weight is 219 g/mol. The first-order valence-electron chi connectivity index (χ1n) is 6.66. The maximum Gasteiger partial charge on any atom is 0.203 e. The molecule has 0 spiro atoms. The van der Waals surface area contributed by atoms with Crippen LogP contribution < -0.4 is 5.32 Å². The van der Waals surface area contributed by atoms with Gasteiger partial charge in [-0.05, 0) is 31.6 Å². The van der Waals surface area contributed by atoms with Crippen LogP contribution in [-0.4, -0.2) is 15.6 Å². The third kappa shape index (κ3) is 2.23. The first kappa shape index (κ1) is 10.2. The number of rotatable bonds is 6. The predicted molar refractivity (Wildman–Crippen MR) is 65.5 cm³/mol. The molecule has 0 saturated heterocycles. The summed E-state index contributed by atoms with van der Waals surface area (Å²) in [6, 6.07) is 1.34. The van der Waals surface area contributed by atoms with Crippen LogP contribution >= 0.6 is 0 Å². The molecule has 3 rings (SSSR count). The summed E-state index contributed by atoms with van der Waals surface area (Å²) in [6.45, 7) is 2.27. The second-order valence-corrected chi connectivity index (χ2v) is 5.32. The van der Waals surface area contributed by atoms with Crippen LogP contribution in [0.15, 0.2) is 12.4 Å². The fourth-order valence-electron chi connectivity index (χ4n) is 2.34. The normalized spacial score (nSPS) is 22.1. The highest BCUT2D eigenvalue weighted by Crippen LogP contribution is 2.38. The number of imidazole rings is 1. The minimum Gasteiger partial charge on any atom is -0.353 e. The van der Waals surface area contributed by atoms with Crippen LogP contribution in [0.5, 0.6) is 0 Å². The highest BCUT2D eigenvalue weighted by atomic mass is 15.2. The van der Waals surface area contributed by atoms with Crippen molar-refractivity contribution in [3.63, 3.8) is 0 Å². The topological polar surface area (TPSA) is 29.9 Å². The van der Waals surface area contributed by atoms with Gasteiger partial charge in [-0.2, -0.15) is 0 Å². The van der Waals surface area contributed by atoms with Gasteiger partial charge in [0.1, 0.15) is 0 Å². The van der Waals surface area contributed by atoms with Crippen molar-refractivity contribution in [1.29, 1.82) is 0 Å². The molecule has 2 fully saturated rings. The Kier molecular flexibility index (Phi) is 2.62. The molecule has 0 amide bonds. The smallest absolute Gasteiger partial charge is 0.203 e. The molecule has 1 N–H and O–H groups in total. The van der Waals surface area contributed by atoms with Crippen molar-refractivity contribution in [2.75, 3.05) is 5.32 Å². The van der Waals surface area contributed by atoms with E-state index >= 15 is 0 Å².